The van der Waals surface area contributed by atoms with Crippen LogP contribution in [0.3, 0.4) is 0 Å². The van der Waals surface area contributed by atoms with Gasteiger partial charge in [-0.05, 0) is 31.0 Å². The Labute approximate surface area is 126 Å². The monoisotopic (exact) mass is 310 g/mol. The summed E-state index contributed by atoms with van der Waals surface area (Å²) in [6.07, 6.45) is 1.99. The highest BCUT2D eigenvalue weighted by Crippen LogP contribution is 2.33. The van der Waals surface area contributed by atoms with Crippen LogP contribution in [0, 0.1) is 0 Å². The Morgan fingerprint density at radius 3 is 2.65 bits per heavy atom. The van der Waals surface area contributed by atoms with Crippen LogP contribution < -0.4 is 10.2 Å². The zero-order valence-electron chi connectivity index (χ0n) is 10.6. The third-order valence-electron chi connectivity index (χ3n) is 3.46. The number of carbonyl (C=O) groups is 2. The Morgan fingerprint density at radius 2 is 1.90 bits per heavy atom. The first-order valence-corrected chi connectivity index (χ1v) is 7.10. The molecule has 0 radical (unpaired) electrons. The van der Waals surface area contributed by atoms with Crippen molar-refractivity contribution in [1.82, 2.24) is 5.32 Å². The third kappa shape index (κ3) is 2.30. The zero-order chi connectivity index (χ0) is 14.3. The van der Waals surface area contributed by atoms with Crippen LogP contribution in [0.4, 0.5) is 5.69 Å². The first-order valence-electron chi connectivity index (χ1n) is 6.35. The van der Waals surface area contributed by atoms with Crippen LogP contribution in [0.25, 0.3) is 0 Å². The molecule has 1 aromatic carbocycles. The highest BCUT2D eigenvalue weighted by atomic mass is 35.5. The molecule has 2 aliphatic rings. The smallest absolute Gasteiger partial charge is 0.244 e. The first kappa shape index (κ1) is 13.5. The average molecular weight is 311 g/mol. The molecule has 0 saturated heterocycles. The second-order valence-corrected chi connectivity index (χ2v) is 5.65. The van der Waals surface area contributed by atoms with Gasteiger partial charge in [0.15, 0.2) is 5.78 Å². The standard InChI is InChI=1S/C14H12Cl2N2O2/c15-9-5-4-8(6-10(9)16)18-7-13(20)17-11-2-1-3-12(19)14(11)18/h4-6H,1-3,7H2,(H,17,20). The predicted octanol–water partition coefficient (Wildman–Crippen LogP) is 2.89. The molecule has 20 heavy (non-hydrogen) atoms. The molecular formula is C14H12Cl2N2O2. The van der Waals surface area contributed by atoms with Crippen molar-refractivity contribution in [2.75, 3.05) is 11.4 Å². The minimum atomic E-state index is -0.121. The highest BCUT2D eigenvalue weighted by Gasteiger charge is 2.32. The van der Waals surface area contributed by atoms with E-state index in [9.17, 15) is 9.59 Å². The molecule has 0 spiro atoms. The van der Waals surface area contributed by atoms with Gasteiger partial charge >= 0.3 is 0 Å². The SMILES string of the molecule is O=C1CN(c2ccc(Cl)c(Cl)c2)C2=C(CCCC2=O)N1. The molecule has 1 aromatic rings. The molecule has 1 aliphatic carbocycles. The van der Waals surface area contributed by atoms with Crippen LogP contribution >= 0.6 is 23.2 Å². The molecule has 1 aliphatic heterocycles. The van der Waals surface area contributed by atoms with E-state index in [1.807, 2.05) is 0 Å². The minimum Gasteiger partial charge on any atom is -0.328 e. The number of amides is 1. The van der Waals surface area contributed by atoms with Crippen molar-refractivity contribution in [1.29, 1.82) is 0 Å². The molecule has 1 N–H and O–H groups in total. The number of halogens is 2. The molecule has 6 heteroatoms. The molecule has 0 unspecified atom stereocenters. The van der Waals surface area contributed by atoms with Crippen LogP contribution in [0.2, 0.25) is 10.0 Å². The fourth-order valence-corrected chi connectivity index (χ4v) is 2.86. The number of allylic oxidation sites excluding steroid dienone is 2. The molecule has 104 valence electrons. The maximum Gasteiger partial charge on any atom is 0.244 e. The number of rotatable bonds is 1. The van der Waals surface area contributed by atoms with E-state index in [2.05, 4.69) is 5.32 Å². The number of nitrogens with one attached hydrogen (secondary N) is 1. The Hall–Kier alpha value is -1.52. The number of benzene rings is 1. The topological polar surface area (TPSA) is 49.4 Å². The first-order chi connectivity index (χ1) is 9.56. The van der Waals surface area contributed by atoms with Crippen LogP contribution in [0.15, 0.2) is 29.6 Å². The third-order valence-corrected chi connectivity index (χ3v) is 4.20. The van der Waals surface area contributed by atoms with Gasteiger partial charge in [-0.2, -0.15) is 0 Å². The number of anilines is 1. The van der Waals surface area contributed by atoms with E-state index in [-0.39, 0.29) is 18.2 Å². The van der Waals surface area contributed by atoms with Crippen molar-refractivity contribution in [2.24, 2.45) is 0 Å². The Bertz CT molecular complexity index is 640. The summed E-state index contributed by atoms with van der Waals surface area (Å²) in [5, 5.41) is 3.64. The summed E-state index contributed by atoms with van der Waals surface area (Å²) in [5.41, 5.74) is 2.00. The minimum absolute atomic E-state index is 0.0531. The van der Waals surface area contributed by atoms with Gasteiger partial charge in [0.05, 0.1) is 10.0 Å². The lowest BCUT2D eigenvalue weighted by atomic mass is 9.96. The molecule has 0 atom stereocenters. The number of carbonyl (C=O) groups excluding carboxylic acids is 2. The van der Waals surface area contributed by atoms with E-state index < -0.39 is 0 Å². The lowest BCUT2D eigenvalue weighted by molar-refractivity contribution is -0.120. The number of nitrogens with zero attached hydrogens (tertiary/aromatic N) is 1. The summed E-state index contributed by atoms with van der Waals surface area (Å²) in [6.45, 7) is 0.114. The summed E-state index contributed by atoms with van der Waals surface area (Å²) in [6, 6.07) is 5.10. The van der Waals surface area contributed by atoms with Crippen molar-refractivity contribution in [3.8, 4) is 0 Å². The van der Waals surface area contributed by atoms with Crippen molar-refractivity contribution < 1.29 is 9.59 Å². The fraction of sp³-hybridized carbons (Fsp3) is 0.286. The van der Waals surface area contributed by atoms with Crippen molar-refractivity contribution in [3.63, 3.8) is 0 Å². The van der Waals surface area contributed by atoms with E-state index in [1.165, 1.54) is 0 Å². The number of hydrogen-bond donors (Lipinski definition) is 1. The summed E-state index contributed by atoms with van der Waals surface area (Å²) < 4.78 is 0. The Balaban J connectivity index is 2.08. The summed E-state index contributed by atoms with van der Waals surface area (Å²) in [7, 11) is 0. The van der Waals surface area contributed by atoms with E-state index in [0.29, 0.717) is 40.0 Å². The van der Waals surface area contributed by atoms with E-state index in [1.54, 1.807) is 23.1 Å². The molecule has 0 fully saturated rings. The van der Waals surface area contributed by atoms with Gasteiger partial charge in [-0.25, -0.2) is 0 Å². The summed E-state index contributed by atoms with van der Waals surface area (Å²) >= 11 is 11.9. The maximum atomic E-state index is 12.2. The van der Waals surface area contributed by atoms with E-state index in [4.69, 9.17) is 23.2 Å². The molecule has 4 nitrogen and oxygen atoms in total. The largest absolute Gasteiger partial charge is 0.328 e. The summed E-state index contributed by atoms with van der Waals surface area (Å²) in [5.74, 6) is -0.0677. The lowest BCUT2D eigenvalue weighted by Crippen LogP contribution is -2.47. The molecule has 0 bridgehead atoms. The molecular weight excluding hydrogens is 299 g/mol. The van der Waals surface area contributed by atoms with Crippen LogP contribution in [-0.2, 0) is 9.59 Å². The number of hydrogen-bond acceptors (Lipinski definition) is 3. The molecule has 0 aromatic heterocycles. The van der Waals surface area contributed by atoms with Crippen molar-refractivity contribution in [3.05, 3.63) is 39.6 Å². The van der Waals surface area contributed by atoms with Crippen LogP contribution in [0.1, 0.15) is 19.3 Å². The quantitative estimate of drug-likeness (QED) is 0.867. The van der Waals surface area contributed by atoms with Gasteiger partial charge in [-0.15, -0.1) is 0 Å². The van der Waals surface area contributed by atoms with Crippen molar-refractivity contribution in [2.45, 2.75) is 19.3 Å². The second-order valence-electron chi connectivity index (χ2n) is 4.84. The second kappa shape index (κ2) is 5.11. The molecule has 3 rings (SSSR count). The van der Waals surface area contributed by atoms with Crippen molar-refractivity contribution >= 4 is 40.6 Å². The predicted molar refractivity (Wildman–Crippen MR) is 77.8 cm³/mol. The summed E-state index contributed by atoms with van der Waals surface area (Å²) in [4.78, 5) is 25.7. The van der Waals surface area contributed by atoms with Gasteiger partial charge in [-0.1, -0.05) is 23.2 Å². The van der Waals surface area contributed by atoms with Gasteiger partial charge in [0.1, 0.15) is 12.2 Å². The van der Waals surface area contributed by atoms with Gasteiger partial charge in [-0.3, -0.25) is 9.59 Å². The zero-order valence-corrected chi connectivity index (χ0v) is 12.1. The number of Topliss-reactive ketones (excluding diaryl/α,β-unsaturated/α-hetero) is 1. The molecule has 0 saturated carbocycles. The highest BCUT2D eigenvalue weighted by molar-refractivity contribution is 6.42. The fourth-order valence-electron chi connectivity index (χ4n) is 2.57. The Kier molecular flexibility index (Phi) is 3.44. The van der Waals surface area contributed by atoms with Gasteiger partial charge in [0.2, 0.25) is 5.91 Å². The molecule has 1 heterocycles. The van der Waals surface area contributed by atoms with E-state index in [0.717, 1.165) is 6.42 Å². The maximum absolute atomic E-state index is 12.2. The normalized spacial score (nSPS) is 19.0. The van der Waals surface area contributed by atoms with Crippen LogP contribution in [0.5, 0.6) is 0 Å². The number of ketones is 1. The van der Waals surface area contributed by atoms with Crippen LogP contribution in [-0.4, -0.2) is 18.2 Å². The average Bonchev–Trinajstić information content (AvgIpc) is 2.41. The molecule has 1 amide bonds. The van der Waals surface area contributed by atoms with Gasteiger partial charge in [0, 0.05) is 17.8 Å². The van der Waals surface area contributed by atoms with Gasteiger partial charge < -0.3 is 10.2 Å². The lowest BCUT2D eigenvalue weighted by Gasteiger charge is -2.35. The Morgan fingerprint density at radius 1 is 1.10 bits per heavy atom. The van der Waals surface area contributed by atoms with Gasteiger partial charge in [0.25, 0.3) is 0 Å². The van der Waals surface area contributed by atoms with E-state index >= 15 is 0 Å².